The van der Waals surface area contributed by atoms with Crippen molar-refractivity contribution < 1.29 is 0 Å². The van der Waals surface area contributed by atoms with Crippen LogP contribution in [0.3, 0.4) is 0 Å². The molecule has 0 fully saturated rings. The topological polar surface area (TPSA) is 15.3 Å². The zero-order valence-electron chi connectivity index (χ0n) is 15.0. The molecule has 0 bridgehead atoms. The highest BCUT2D eigenvalue weighted by Crippen LogP contribution is 2.18. The quantitative estimate of drug-likeness (QED) is 0.455. The van der Waals surface area contributed by atoms with E-state index in [1.54, 1.807) is 0 Å². The first-order valence-electron chi connectivity index (χ1n) is 9.07. The van der Waals surface area contributed by atoms with E-state index in [0.717, 1.165) is 13.1 Å². The highest BCUT2D eigenvalue weighted by atomic mass is 15.5. The van der Waals surface area contributed by atoms with Crippen LogP contribution in [-0.2, 0) is 13.1 Å². The molecule has 0 heterocycles. The molecule has 0 aliphatic carbocycles. The van der Waals surface area contributed by atoms with E-state index in [9.17, 15) is 0 Å². The van der Waals surface area contributed by atoms with Crippen molar-refractivity contribution in [2.75, 3.05) is 0 Å². The van der Waals surface area contributed by atoms with E-state index in [1.165, 1.54) is 32.7 Å². The number of nitrogens with zero attached hydrogens (tertiary/aromatic N) is 1. The normalized spacial score (nSPS) is 11.5. The lowest BCUT2D eigenvalue weighted by Crippen LogP contribution is -2.34. The smallest absolute Gasteiger partial charge is 0.0386 e. The van der Waals surface area contributed by atoms with Gasteiger partial charge in [-0.1, -0.05) is 72.8 Å². The number of benzene rings is 4. The summed E-state index contributed by atoms with van der Waals surface area (Å²) in [6.45, 7) is 5.81. The molecular weight excluding hydrogens is 316 g/mol. The van der Waals surface area contributed by atoms with Crippen LogP contribution in [-0.4, -0.2) is 5.01 Å². The summed E-state index contributed by atoms with van der Waals surface area (Å²) in [6, 6.07) is 30.3. The van der Waals surface area contributed by atoms with Gasteiger partial charge in [-0.3, -0.25) is 5.43 Å². The molecule has 0 aliphatic heterocycles. The fraction of sp³-hybridized carbons (Fsp3) is 0.125. The summed E-state index contributed by atoms with van der Waals surface area (Å²) >= 11 is 0. The summed E-state index contributed by atoms with van der Waals surface area (Å²) < 4.78 is 0. The second-order valence-electron chi connectivity index (χ2n) is 6.58. The highest BCUT2D eigenvalue weighted by Gasteiger charge is 2.05. The average Bonchev–Trinajstić information content (AvgIpc) is 2.70. The molecule has 129 valence electrons. The van der Waals surface area contributed by atoms with Gasteiger partial charge in [0.15, 0.2) is 0 Å². The minimum absolute atomic E-state index is 0.808. The first kappa shape index (κ1) is 16.8. The molecule has 0 spiro atoms. The first-order valence-corrected chi connectivity index (χ1v) is 9.07. The molecule has 0 aliphatic rings. The van der Waals surface area contributed by atoms with Crippen LogP contribution in [0.2, 0.25) is 0 Å². The molecule has 0 saturated carbocycles. The maximum atomic E-state index is 3.52. The third kappa shape index (κ3) is 3.77. The number of hydrogen-bond donors (Lipinski definition) is 1. The van der Waals surface area contributed by atoms with Crippen molar-refractivity contribution in [2.45, 2.75) is 20.0 Å². The molecular formula is C24H23N2. The fourth-order valence-electron chi connectivity index (χ4n) is 3.31. The van der Waals surface area contributed by atoms with Gasteiger partial charge >= 0.3 is 0 Å². The predicted octanol–water partition coefficient (Wildman–Crippen LogP) is 5.68. The Morgan fingerprint density at radius 2 is 1.23 bits per heavy atom. The summed E-state index contributed by atoms with van der Waals surface area (Å²) in [5.41, 5.74) is 6.11. The van der Waals surface area contributed by atoms with Crippen LogP contribution < -0.4 is 5.43 Å². The SMILES string of the molecule is C[CH]N(Cc1ccc2ccccc2c1)NCc1ccc2ccccc2c1. The van der Waals surface area contributed by atoms with Crippen molar-refractivity contribution >= 4 is 21.5 Å². The highest BCUT2D eigenvalue weighted by molar-refractivity contribution is 5.83. The van der Waals surface area contributed by atoms with E-state index in [4.69, 9.17) is 0 Å². The summed E-state index contributed by atoms with van der Waals surface area (Å²) in [4.78, 5) is 0. The molecule has 1 N–H and O–H groups in total. The number of fused-ring (bicyclic) bond motifs is 2. The summed E-state index contributed by atoms with van der Waals surface area (Å²) in [6.07, 6.45) is 0. The Kier molecular flexibility index (Phi) is 4.96. The van der Waals surface area contributed by atoms with E-state index in [-0.39, 0.29) is 0 Å². The van der Waals surface area contributed by atoms with Crippen LogP contribution in [0.25, 0.3) is 21.5 Å². The maximum Gasteiger partial charge on any atom is 0.0386 e. The second kappa shape index (κ2) is 7.69. The van der Waals surface area contributed by atoms with Crippen LogP contribution in [0.4, 0.5) is 0 Å². The molecule has 4 aromatic rings. The third-order valence-corrected chi connectivity index (χ3v) is 4.78. The van der Waals surface area contributed by atoms with E-state index in [0.29, 0.717) is 0 Å². The van der Waals surface area contributed by atoms with Gasteiger partial charge in [-0.2, -0.15) is 0 Å². The molecule has 0 amide bonds. The van der Waals surface area contributed by atoms with Crippen LogP contribution in [0.15, 0.2) is 84.9 Å². The summed E-state index contributed by atoms with van der Waals surface area (Å²) in [5.74, 6) is 0. The van der Waals surface area contributed by atoms with Crippen molar-refractivity contribution in [3.63, 3.8) is 0 Å². The van der Waals surface area contributed by atoms with Gasteiger partial charge in [-0.25, -0.2) is 5.01 Å². The summed E-state index contributed by atoms with van der Waals surface area (Å²) in [7, 11) is 0. The van der Waals surface area contributed by atoms with Gasteiger partial charge in [0.1, 0.15) is 0 Å². The van der Waals surface area contributed by atoms with Crippen molar-refractivity contribution in [2.24, 2.45) is 0 Å². The predicted molar refractivity (Wildman–Crippen MR) is 110 cm³/mol. The van der Waals surface area contributed by atoms with Gasteiger partial charge in [-0.15, -0.1) is 0 Å². The molecule has 4 aromatic carbocycles. The van der Waals surface area contributed by atoms with Gasteiger partial charge < -0.3 is 0 Å². The van der Waals surface area contributed by atoms with E-state index >= 15 is 0 Å². The van der Waals surface area contributed by atoms with Crippen molar-refractivity contribution in [1.82, 2.24) is 10.4 Å². The van der Waals surface area contributed by atoms with Gasteiger partial charge in [0.25, 0.3) is 0 Å². The van der Waals surface area contributed by atoms with Crippen molar-refractivity contribution in [3.8, 4) is 0 Å². The van der Waals surface area contributed by atoms with Crippen molar-refractivity contribution in [1.29, 1.82) is 0 Å². The molecule has 2 nitrogen and oxygen atoms in total. The van der Waals surface area contributed by atoms with Gasteiger partial charge in [0.05, 0.1) is 0 Å². The molecule has 0 unspecified atom stereocenters. The average molecular weight is 339 g/mol. The third-order valence-electron chi connectivity index (χ3n) is 4.78. The van der Waals surface area contributed by atoms with Crippen LogP contribution >= 0.6 is 0 Å². The molecule has 4 rings (SSSR count). The lowest BCUT2D eigenvalue weighted by Gasteiger charge is -2.22. The number of hydrazine groups is 1. The first-order chi connectivity index (χ1) is 12.8. The zero-order valence-corrected chi connectivity index (χ0v) is 15.0. The standard InChI is InChI=1S/C24H23N2/c1-2-26(18-20-12-14-22-8-4-6-10-24(22)16-20)25-17-19-11-13-21-7-3-5-9-23(21)15-19/h2-16,25H,17-18H2,1H3. The second-order valence-corrected chi connectivity index (χ2v) is 6.58. The minimum atomic E-state index is 0.808. The van der Waals surface area contributed by atoms with Gasteiger partial charge in [-0.05, 0) is 51.7 Å². The van der Waals surface area contributed by atoms with Crippen LogP contribution in [0.5, 0.6) is 0 Å². The van der Waals surface area contributed by atoms with E-state index in [1.807, 2.05) is 0 Å². The van der Waals surface area contributed by atoms with Gasteiger partial charge in [0, 0.05) is 19.6 Å². The van der Waals surface area contributed by atoms with Crippen molar-refractivity contribution in [3.05, 3.63) is 103 Å². The molecule has 0 aromatic heterocycles. The Morgan fingerprint density at radius 1 is 0.692 bits per heavy atom. The molecule has 1 radical (unpaired) electrons. The van der Waals surface area contributed by atoms with E-state index < -0.39 is 0 Å². The number of rotatable bonds is 6. The van der Waals surface area contributed by atoms with E-state index in [2.05, 4.69) is 109 Å². The molecule has 26 heavy (non-hydrogen) atoms. The Balaban J connectivity index is 1.44. The molecule has 0 atom stereocenters. The summed E-state index contributed by atoms with van der Waals surface area (Å²) in [5, 5.41) is 7.29. The van der Waals surface area contributed by atoms with Gasteiger partial charge in [0.2, 0.25) is 0 Å². The largest absolute Gasteiger partial charge is 0.250 e. The molecule has 2 heteroatoms. The van der Waals surface area contributed by atoms with Crippen LogP contribution in [0, 0.1) is 6.54 Å². The fourth-order valence-corrected chi connectivity index (χ4v) is 3.31. The van der Waals surface area contributed by atoms with Crippen LogP contribution in [0.1, 0.15) is 18.1 Å². The number of hydrogen-bond acceptors (Lipinski definition) is 2. The monoisotopic (exact) mass is 339 g/mol. The minimum Gasteiger partial charge on any atom is -0.250 e. The Morgan fingerprint density at radius 3 is 1.85 bits per heavy atom. The number of nitrogens with one attached hydrogen (secondary N) is 1. The zero-order chi connectivity index (χ0) is 17.8. The Bertz CT molecular complexity index is 1020. The Hall–Kier alpha value is -2.68. The maximum absolute atomic E-state index is 3.52. The lowest BCUT2D eigenvalue weighted by molar-refractivity contribution is 0.226. The Labute approximate surface area is 155 Å². The lowest BCUT2D eigenvalue weighted by atomic mass is 10.1. The molecule has 0 saturated heterocycles.